The summed E-state index contributed by atoms with van der Waals surface area (Å²) < 4.78 is 7.37. The third-order valence-electron chi connectivity index (χ3n) is 4.54. The summed E-state index contributed by atoms with van der Waals surface area (Å²) in [5, 5.41) is 4.34. The van der Waals surface area contributed by atoms with Gasteiger partial charge in [-0.2, -0.15) is 5.10 Å². The van der Waals surface area contributed by atoms with Crippen molar-refractivity contribution in [1.29, 1.82) is 0 Å². The van der Waals surface area contributed by atoms with Crippen molar-refractivity contribution in [3.8, 4) is 5.69 Å². The molecule has 1 atom stereocenters. The molecule has 0 aliphatic carbocycles. The molecular formula is C20H21N5O2. The van der Waals surface area contributed by atoms with E-state index in [0.717, 1.165) is 30.9 Å². The van der Waals surface area contributed by atoms with Gasteiger partial charge in [-0.25, -0.2) is 19.4 Å². The Morgan fingerprint density at radius 3 is 2.74 bits per heavy atom. The van der Waals surface area contributed by atoms with E-state index in [1.165, 1.54) is 0 Å². The topological polar surface area (TPSA) is 73.1 Å². The second-order valence-corrected chi connectivity index (χ2v) is 6.55. The van der Waals surface area contributed by atoms with Gasteiger partial charge in [0.1, 0.15) is 11.9 Å². The first-order valence-corrected chi connectivity index (χ1v) is 9.08. The van der Waals surface area contributed by atoms with Crippen LogP contribution in [-0.2, 0) is 11.3 Å². The largest absolute Gasteiger partial charge is 0.456 e. The van der Waals surface area contributed by atoms with Gasteiger partial charge in [0.05, 0.1) is 12.2 Å². The number of esters is 1. The van der Waals surface area contributed by atoms with Crippen LogP contribution >= 0.6 is 0 Å². The van der Waals surface area contributed by atoms with Gasteiger partial charge >= 0.3 is 5.97 Å². The maximum Gasteiger partial charge on any atom is 0.359 e. The molecule has 1 aromatic carbocycles. The van der Waals surface area contributed by atoms with Crippen LogP contribution in [0.4, 0.5) is 0 Å². The number of rotatable bonds is 5. The zero-order valence-corrected chi connectivity index (χ0v) is 14.9. The smallest absolute Gasteiger partial charge is 0.359 e. The van der Waals surface area contributed by atoms with Crippen LogP contribution in [0.5, 0.6) is 0 Å². The maximum atomic E-state index is 12.5. The first-order chi connectivity index (χ1) is 13.3. The summed E-state index contributed by atoms with van der Waals surface area (Å²) in [6, 6.07) is 13.2. The Labute approximate surface area is 157 Å². The number of likely N-dealkylation sites (tertiary alicyclic amines) is 1. The van der Waals surface area contributed by atoms with Crippen LogP contribution in [-0.4, -0.2) is 49.8 Å². The third kappa shape index (κ3) is 4.38. The Kier molecular flexibility index (Phi) is 5.20. The number of benzene rings is 1. The molecule has 27 heavy (non-hydrogen) atoms. The van der Waals surface area contributed by atoms with Gasteiger partial charge in [0.2, 0.25) is 0 Å². The van der Waals surface area contributed by atoms with Crippen LogP contribution in [0, 0.1) is 0 Å². The van der Waals surface area contributed by atoms with Gasteiger partial charge in [-0.05, 0) is 43.7 Å². The molecule has 1 saturated heterocycles. The van der Waals surface area contributed by atoms with Crippen molar-refractivity contribution in [3.63, 3.8) is 0 Å². The highest BCUT2D eigenvalue weighted by atomic mass is 16.5. The van der Waals surface area contributed by atoms with E-state index in [1.807, 2.05) is 30.3 Å². The molecule has 0 bridgehead atoms. The number of para-hydroxylation sites is 1. The van der Waals surface area contributed by atoms with Crippen LogP contribution < -0.4 is 0 Å². The highest BCUT2D eigenvalue weighted by molar-refractivity contribution is 5.87. The van der Waals surface area contributed by atoms with Crippen molar-refractivity contribution >= 4 is 5.97 Å². The number of carbonyl (C=O) groups excluding carboxylic acids is 1. The predicted molar refractivity (Wildman–Crippen MR) is 99.3 cm³/mol. The lowest BCUT2D eigenvalue weighted by Gasteiger charge is -2.31. The third-order valence-corrected chi connectivity index (χ3v) is 4.54. The molecule has 7 heteroatoms. The fraction of sp³-hybridized carbons (Fsp3) is 0.300. The zero-order chi connectivity index (χ0) is 18.5. The van der Waals surface area contributed by atoms with Crippen LogP contribution in [0.1, 0.15) is 29.2 Å². The van der Waals surface area contributed by atoms with Gasteiger partial charge in [-0.15, -0.1) is 0 Å². The van der Waals surface area contributed by atoms with Crippen molar-refractivity contribution in [2.24, 2.45) is 0 Å². The fourth-order valence-corrected chi connectivity index (χ4v) is 3.23. The summed E-state index contributed by atoms with van der Waals surface area (Å²) in [5.41, 5.74) is 1.23. The fourth-order valence-electron chi connectivity index (χ4n) is 3.23. The summed E-state index contributed by atoms with van der Waals surface area (Å²) in [6.45, 7) is 2.30. The van der Waals surface area contributed by atoms with E-state index >= 15 is 0 Å². The zero-order valence-electron chi connectivity index (χ0n) is 14.9. The summed E-state index contributed by atoms with van der Waals surface area (Å²) in [4.78, 5) is 23.2. The number of hydrogen-bond acceptors (Lipinski definition) is 6. The molecule has 0 unspecified atom stereocenters. The molecule has 0 amide bonds. The lowest BCUT2D eigenvalue weighted by molar-refractivity contribution is 0.00462. The minimum absolute atomic E-state index is 0.142. The Bertz CT molecular complexity index is 882. The van der Waals surface area contributed by atoms with Crippen molar-refractivity contribution in [2.75, 3.05) is 13.1 Å². The Morgan fingerprint density at radius 1 is 1.11 bits per heavy atom. The second kappa shape index (κ2) is 8.09. The van der Waals surface area contributed by atoms with Crippen LogP contribution in [0.2, 0.25) is 0 Å². The van der Waals surface area contributed by atoms with Gasteiger partial charge < -0.3 is 4.74 Å². The minimum Gasteiger partial charge on any atom is -0.456 e. The van der Waals surface area contributed by atoms with E-state index in [-0.39, 0.29) is 12.1 Å². The molecule has 4 rings (SSSR count). The van der Waals surface area contributed by atoms with Gasteiger partial charge in [0.25, 0.3) is 0 Å². The van der Waals surface area contributed by atoms with Crippen LogP contribution in [0.15, 0.2) is 61.1 Å². The van der Waals surface area contributed by atoms with Gasteiger partial charge in [0.15, 0.2) is 5.69 Å². The van der Waals surface area contributed by atoms with E-state index in [1.54, 1.807) is 35.4 Å². The average Bonchev–Trinajstić information content (AvgIpc) is 3.20. The molecule has 0 spiro atoms. The first kappa shape index (κ1) is 17.4. The summed E-state index contributed by atoms with van der Waals surface area (Å²) in [7, 11) is 0. The quantitative estimate of drug-likeness (QED) is 0.649. The minimum atomic E-state index is -0.382. The normalized spacial score (nSPS) is 17.6. The Balaban J connectivity index is 1.36. The van der Waals surface area contributed by atoms with Gasteiger partial charge in [-0.1, -0.05) is 18.2 Å². The molecule has 1 aliphatic rings. The first-order valence-electron chi connectivity index (χ1n) is 9.08. The molecular weight excluding hydrogens is 342 g/mol. The molecule has 0 radical (unpaired) electrons. The molecule has 2 aromatic heterocycles. The van der Waals surface area contributed by atoms with E-state index in [0.29, 0.717) is 18.8 Å². The number of aromatic nitrogens is 4. The summed E-state index contributed by atoms with van der Waals surface area (Å²) in [6.07, 6.45) is 6.95. The van der Waals surface area contributed by atoms with Gasteiger partial charge in [0, 0.05) is 25.1 Å². The van der Waals surface area contributed by atoms with E-state index in [4.69, 9.17) is 4.74 Å². The molecule has 7 nitrogen and oxygen atoms in total. The standard InChI is InChI=1S/C20H21N5O2/c26-20(18-9-13-25(23-18)16-6-2-1-3-7-16)27-17-8-4-12-24(14-17)15-19-21-10-5-11-22-19/h1-3,5-7,9-11,13,17H,4,8,12,14-15H2/t17-/m1/s1. The molecule has 138 valence electrons. The highest BCUT2D eigenvalue weighted by Crippen LogP contribution is 2.16. The van der Waals surface area contributed by atoms with Crippen LogP contribution in [0.3, 0.4) is 0 Å². The predicted octanol–water partition coefficient (Wildman–Crippen LogP) is 2.48. The van der Waals surface area contributed by atoms with E-state index in [2.05, 4.69) is 20.0 Å². The lowest BCUT2D eigenvalue weighted by atomic mass is 10.1. The average molecular weight is 363 g/mol. The molecule has 1 aliphatic heterocycles. The molecule has 3 aromatic rings. The Morgan fingerprint density at radius 2 is 1.93 bits per heavy atom. The number of nitrogens with zero attached hydrogens (tertiary/aromatic N) is 5. The van der Waals surface area contributed by atoms with Crippen LogP contribution in [0.25, 0.3) is 5.69 Å². The Hall–Kier alpha value is -3.06. The van der Waals surface area contributed by atoms with Crippen molar-refractivity contribution < 1.29 is 9.53 Å². The molecule has 0 saturated carbocycles. The monoisotopic (exact) mass is 363 g/mol. The number of carbonyl (C=O) groups is 1. The van der Waals surface area contributed by atoms with Crippen molar-refractivity contribution in [3.05, 3.63) is 72.6 Å². The van der Waals surface area contributed by atoms with E-state index < -0.39 is 0 Å². The highest BCUT2D eigenvalue weighted by Gasteiger charge is 2.25. The lowest BCUT2D eigenvalue weighted by Crippen LogP contribution is -2.40. The number of piperidine rings is 1. The maximum absolute atomic E-state index is 12.5. The van der Waals surface area contributed by atoms with Crippen molar-refractivity contribution in [2.45, 2.75) is 25.5 Å². The number of ether oxygens (including phenoxy) is 1. The second-order valence-electron chi connectivity index (χ2n) is 6.55. The van der Waals surface area contributed by atoms with E-state index in [9.17, 15) is 4.79 Å². The SMILES string of the molecule is O=C(O[C@@H]1CCCN(Cc2ncccn2)C1)c1ccn(-c2ccccc2)n1. The summed E-state index contributed by atoms with van der Waals surface area (Å²) >= 11 is 0. The molecule has 3 heterocycles. The molecule has 1 fully saturated rings. The number of hydrogen-bond donors (Lipinski definition) is 0. The van der Waals surface area contributed by atoms with Gasteiger partial charge in [-0.3, -0.25) is 4.90 Å². The summed E-state index contributed by atoms with van der Waals surface area (Å²) in [5.74, 6) is 0.401. The van der Waals surface area contributed by atoms with Crippen molar-refractivity contribution in [1.82, 2.24) is 24.6 Å². The molecule has 0 N–H and O–H groups in total.